The molecule has 0 nitrogen and oxygen atoms in total. The topological polar surface area (TPSA) is 0 Å². The van der Waals surface area contributed by atoms with Gasteiger partial charge in [0.15, 0.2) is 0 Å². The van der Waals surface area contributed by atoms with Gasteiger partial charge in [-0.05, 0) is 12.6 Å². The molecular weight excluding hydrogens is 187 g/mol. The minimum atomic E-state index is 0. The summed E-state index contributed by atoms with van der Waals surface area (Å²) in [6.07, 6.45) is 12.8. The molecule has 0 amide bonds. The van der Waals surface area contributed by atoms with E-state index in [1.807, 2.05) is 0 Å². The molecule has 0 saturated carbocycles. The number of unbranched alkanes of at least 4 members (excludes halogenated alkanes) is 7. The van der Waals surface area contributed by atoms with E-state index in [1.54, 1.807) is 0 Å². The largest absolute Gasteiger partial charge is 0.147 e. The second-order valence-electron chi connectivity index (χ2n) is 3.26. The minimum Gasteiger partial charge on any atom is -0.147 e. The van der Waals surface area contributed by atoms with Crippen LogP contribution in [-0.2, 0) is 0 Å². The molecule has 0 N–H and O–H groups in total. The summed E-state index contributed by atoms with van der Waals surface area (Å²) in [5, 5.41) is 0. The number of hydrogen-bond donors (Lipinski definition) is 0. The predicted octanol–water partition coefficient (Wildman–Crippen LogP) is 4.42. The molecule has 0 aromatic rings. The lowest BCUT2D eigenvalue weighted by Crippen LogP contribution is -1.80. The monoisotopic (exact) mass is 210 g/mol. The number of hydrogen-bond acceptors (Lipinski definition) is 0. The van der Waals surface area contributed by atoms with Gasteiger partial charge in [-0.3, -0.25) is 0 Å². The molecule has 0 bridgehead atoms. The van der Waals surface area contributed by atoms with E-state index in [2.05, 4.69) is 16.2 Å². The fraction of sp³-hybridized carbons (Fsp3) is 1.00. The molecule has 0 aliphatic rings. The maximum absolute atomic E-state index is 2.79. The molecule has 12 heavy (non-hydrogen) atoms. The standard InChI is InChI=1S/C10H23P.ClH/c1-2-3-4-5-6-7-8-9-10-11;/h2-11H2,1H3;1H. The van der Waals surface area contributed by atoms with E-state index >= 15 is 0 Å². The zero-order valence-electron chi connectivity index (χ0n) is 8.35. The molecule has 0 aliphatic heterocycles. The van der Waals surface area contributed by atoms with Crippen LogP contribution in [-0.4, -0.2) is 6.16 Å². The molecule has 0 rings (SSSR count). The Balaban J connectivity index is 0. The van der Waals surface area contributed by atoms with E-state index in [1.165, 1.54) is 57.5 Å². The quantitative estimate of drug-likeness (QED) is 0.411. The first-order chi connectivity index (χ1) is 5.41. The number of rotatable bonds is 8. The van der Waals surface area contributed by atoms with Crippen molar-refractivity contribution in [3.05, 3.63) is 0 Å². The highest BCUT2D eigenvalue weighted by atomic mass is 35.5. The molecule has 0 aromatic carbocycles. The third-order valence-electron chi connectivity index (χ3n) is 2.06. The highest BCUT2D eigenvalue weighted by molar-refractivity contribution is 7.16. The van der Waals surface area contributed by atoms with Crippen LogP contribution < -0.4 is 0 Å². The van der Waals surface area contributed by atoms with Crippen LogP contribution in [0.2, 0.25) is 0 Å². The molecule has 1 unspecified atom stereocenters. The third-order valence-corrected chi connectivity index (χ3v) is 2.47. The summed E-state index contributed by atoms with van der Waals surface area (Å²) in [4.78, 5) is 0. The summed E-state index contributed by atoms with van der Waals surface area (Å²) in [6.45, 7) is 2.27. The van der Waals surface area contributed by atoms with Gasteiger partial charge in [-0.2, -0.15) is 0 Å². The fourth-order valence-corrected chi connectivity index (χ4v) is 1.57. The molecule has 0 radical (unpaired) electrons. The number of halogens is 1. The Morgan fingerprint density at radius 2 is 1.17 bits per heavy atom. The third kappa shape index (κ3) is 13.3. The maximum atomic E-state index is 2.79. The molecule has 2 heteroatoms. The van der Waals surface area contributed by atoms with Crippen LogP contribution in [0.1, 0.15) is 58.3 Å². The maximum Gasteiger partial charge on any atom is -0.0381 e. The van der Waals surface area contributed by atoms with Crippen LogP contribution in [0, 0.1) is 0 Å². The van der Waals surface area contributed by atoms with Crippen molar-refractivity contribution in [2.45, 2.75) is 58.3 Å². The molecule has 76 valence electrons. The van der Waals surface area contributed by atoms with Gasteiger partial charge in [0, 0.05) is 0 Å². The van der Waals surface area contributed by atoms with Crippen molar-refractivity contribution >= 4 is 21.6 Å². The first-order valence-corrected chi connectivity index (χ1v) is 5.93. The van der Waals surface area contributed by atoms with E-state index in [4.69, 9.17) is 0 Å². The van der Waals surface area contributed by atoms with Crippen molar-refractivity contribution < 1.29 is 0 Å². The summed E-state index contributed by atoms with van der Waals surface area (Å²) >= 11 is 0. The Morgan fingerprint density at radius 1 is 0.750 bits per heavy atom. The lowest BCUT2D eigenvalue weighted by Gasteiger charge is -1.98. The minimum absolute atomic E-state index is 0. The molecule has 0 aromatic heterocycles. The lowest BCUT2D eigenvalue weighted by molar-refractivity contribution is 0.586. The van der Waals surface area contributed by atoms with Gasteiger partial charge in [0.05, 0.1) is 0 Å². The average molecular weight is 211 g/mol. The highest BCUT2D eigenvalue weighted by Crippen LogP contribution is 2.08. The van der Waals surface area contributed by atoms with Crippen molar-refractivity contribution in [3.63, 3.8) is 0 Å². The van der Waals surface area contributed by atoms with Crippen molar-refractivity contribution in [1.82, 2.24) is 0 Å². The van der Waals surface area contributed by atoms with Crippen LogP contribution in [0.3, 0.4) is 0 Å². The first-order valence-electron chi connectivity index (χ1n) is 5.12. The SMILES string of the molecule is CCCCCCCCCCP.Cl. The van der Waals surface area contributed by atoms with Crippen molar-refractivity contribution in [2.75, 3.05) is 6.16 Å². The zero-order chi connectivity index (χ0) is 8.36. The summed E-state index contributed by atoms with van der Waals surface area (Å²) in [6, 6.07) is 0. The Labute approximate surface area is 86.5 Å². The summed E-state index contributed by atoms with van der Waals surface area (Å²) < 4.78 is 0. The second kappa shape index (κ2) is 14.3. The molecule has 1 atom stereocenters. The van der Waals surface area contributed by atoms with Crippen LogP contribution in [0.25, 0.3) is 0 Å². The molecule has 0 fully saturated rings. The van der Waals surface area contributed by atoms with Crippen LogP contribution >= 0.6 is 21.6 Å². The van der Waals surface area contributed by atoms with Gasteiger partial charge in [-0.1, -0.05) is 51.9 Å². The van der Waals surface area contributed by atoms with Crippen molar-refractivity contribution in [1.29, 1.82) is 0 Å². The Kier molecular flexibility index (Phi) is 18.1. The van der Waals surface area contributed by atoms with Gasteiger partial charge in [0.2, 0.25) is 0 Å². The summed E-state index contributed by atoms with van der Waals surface area (Å²) in [7, 11) is 2.79. The van der Waals surface area contributed by atoms with E-state index in [9.17, 15) is 0 Å². The van der Waals surface area contributed by atoms with Crippen LogP contribution in [0.15, 0.2) is 0 Å². The smallest absolute Gasteiger partial charge is 0.0381 e. The fourth-order valence-electron chi connectivity index (χ4n) is 1.28. The molecule has 0 aliphatic carbocycles. The average Bonchev–Trinajstić information content (AvgIpc) is 2.03. The van der Waals surface area contributed by atoms with E-state index in [0.29, 0.717) is 0 Å². The predicted molar refractivity (Wildman–Crippen MR) is 64.4 cm³/mol. The van der Waals surface area contributed by atoms with Crippen LogP contribution in [0.5, 0.6) is 0 Å². The molecule has 0 saturated heterocycles. The van der Waals surface area contributed by atoms with Crippen molar-refractivity contribution in [2.24, 2.45) is 0 Å². The van der Waals surface area contributed by atoms with Crippen LogP contribution in [0.4, 0.5) is 0 Å². The normalized spacial score (nSPS) is 9.50. The first kappa shape index (κ1) is 15.2. The van der Waals surface area contributed by atoms with Gasteiger partial charge in [-0.15, -0.1) is 21.6 Å². The summed E-state index contributed by atoms with van der Waals surface area (Å²) in [5.74, 6) is 0. The lowest BCUT2D eigenvalue weighted by atomic mass is 10.1. The Morgan fingerprint density at radius 3 is 1.58 bits per heavy atom. The molecule has 0 spiro atoms. The Bertz CT molecular complexity index is 58.9. The molecular formula is C10H24ClP. The molecule has 0 heterocycles. The van der Waals surface area contributed by atoms with Crippen molar-refractivity contribution in [3.8, 4) is 0 Å². The van der Waals surface area contributed by atoms with E-state index in [0.717, 1.165) is 0 Å². The van der Waals surface area contributed by atoms with Gasteiger partial charge >= 0.3 is 0 Å². The zero-order valence-corrected chi connectivity index (χ0v) is 10.3. The van der Waals surface area contributed by atoms with Gasteiger partial charge < -0.3 is 0 Å². The van der Waals surface area contributed by atoms with Gasteiger partial charge in [0.1, 0.15) is 0 Å². The summed E-state index contributed by atoms with van der Waals surface area (Å²) in [5.41, 5.74) is 0. The van der Waals surface area contributed by atoms with E-state index < -0.39 is 0 Å². The Hall–Kier alpha value is 0.720. The van der Waals surface area contributed by atoms with Gasteiger partial charge in [0.25, 0.3) is 0 Å². The van der Waals surface area contributed by atoms with Gasteiger partial charge in [-0.25, -0.2) is 0 Å². The highest BCUT2D eigenvalue weighted by Gasteiger charge is 1.89. The van der Waals surface area contributed by atoms with E-state index in [-0.39, 0.29) is 12.4 Å². The second-order valence-corrected chi connectivity index (χ2v) is 3.84.